The third kappa shape index (κ3) is 1.52. The van der Waals surface area contributed by atoms with Gasteiger partial charge in [-0.05, 0) is 24.7 Å². The molecule has 0 spiro atoms. The lowest BCUT2D eigenvalue weighted by Gasteiger charge is -2.13. The average molecular weight is 191 g/mol. The van der Waals surface area contributed by atoms with E-state index in [4.69, 9.17) is 4.89 Å². The normalized spacial score (nSPS) is 45.7. The lowest BCUT2D eigenvalue weighted by atomic mass is 10.0. The summed E-state index contributed by atoms with van der Waals surface area (Å²) in [5.41, 5.74) is 0. The molecule has 0 amide bonds. The highest BCUT2D eigenvalue weighted by Gasteiger charge is 2.53. The first kappa shape index (κ1) is 8.57. The van der Waals surface area contributed by atoms with E-state index in [2.05, 4.69) is 4.52 Å². The second-order valence-electron chi connectivity index (χ2n) is 3.66. The molecule has 0 heterocycles. The molecule has 2 N–H and O–H groups in total. The first-order valence-corrected chi connectivity index (χ1v) is 5.28. The first-order chi connectivity index (χ1) is 5.68. The fourth-order valence-electron chi connectivity index (χ4n) is 2.22. The predicted octanol–water partition coefficient (Wildman–Crippen LogP) is 0.670. The van der Waals surface area contributed by atoms with Gasteiger partial charge in [-0.3, -0.25) is 0 Å². The van der Waals surface area contributed by atoms with Crippen LogP contribution < -0.4 is 0 Å². The molecular formula is C7H12O4P+. The zero-order valence-corrected chi connectivity index (χ0v) is 7.48. The van der Waals surface area contributed by atoms with Crippen molar-refractivity contribution in [3.63, 3.8) is 0 Å². The van der Waals surface area contributed by atoms with E-state index in [0.717, 1.165) is 12.8 Å². The molecule has 2 fully saturated rings. The topological polar surface area (TPSA) is 66.8 Å². The Balaban J connectivity index is 1.82. The number of hydrogen-bond acceptors (Lipinski definition) is 3. The van der Waals surface area contributed by atoms with Gasteiger partial charge in [-0.2, -0.15) is 0 Å². The van der Waals surface area contributed by atoms with Gasteiger partial charge in [-0.1, -0.05) is 0 Å². The molecule has 0 aromatic heterocycles. The summed E-state index contributed by atoms with van der Waals surface area (Å²) in [5.74, 6) is 1.31. The largest absolute Gasteiger partial charge is 0.694 e. The minimum absolute atomic E-state index is 0.0982. The van der Waals surface area contributed by atoms with Crippen molar-refractivity contribution in [1.29, 1.82) is 0 Å². The fraction of sp³-hybridized carbons (Fsp3) is 1.00. The molecule has 0 radical (unpaired) electrons. The molecule has 1 unspecified atom stereocenters. The summed E-state index contributed by atoms with van der Waals surface area (Å²) in [6.45, 7) is 0.230. The minimum atomic E-state index is -2.50. The van der Waals surface area contributed by atoms with Crippen molar-refractivity contribution in [3.05, 3.63) is 0 Å². The van der Waals surface area contributed by atoms with Crippen LogP contribution in [0.4, 0.5) is 0 Å². The van der Waals surface area contributed by atoms with Crippen molar-refractivity contribution in [1.82, 2.24) is 0 Å². The van der Waals surface area contributed by atoms with Gasteiger partial charge in [0.15, 0.2) is 0 Å². The van der Waals surface area contributed by atoms with Crippen LogP contribution in [0.25, 0.3) is 0 Å². The van der Waals surface area contributed by atoms with Crippen LogP contribution in [0.5, 0.6) is 0 Å². The van der Waals surface area contributed by atoms with Gasteiger partial charge in [-0.15, -0.1) is 9.42 Å². The van der Waals surface area contributed by atoms with E-state index >= 15 is 0 Å². The van der Waals surface area contributed by atoms with Gasteiger partial charge in [0.2, 0.25) is 0 Å². The van der Waals surface area contributed by atoms with E-state index in [0.29, 0.717) is 11.8 Å². The van der Waals surface area contributed by atoms with E-state index in [9.17, 15) is 9.67 Å². The average Bonchev–Trinajstić information content (AvgIpc) is 2.62. The Morgan fingerprint density at radius 2 is 2.25 bits per heavy atom. The lowest BCUT2D eigenvalue weighted by molar-refractivity contribution is 0.0795. The quantitative estimate of drug-likeness (QED) is 0.643. The lowest BCUT2D eigenvalue weighted by Crippen LogP contribution is -2.21. The second kappa shape index (κ2) is 3.04. The van der Waals surface area contributed by atoms with E-state index in [-0.39, 0.29) is 18.6 Å². The predicted molar refractivity (Wildman–Crippen MR) is 41.5 cm³/mol. The molecule has 2 aliphatic carbocycles. The summed E-state index contributed by atoms with van der Waals surface area (Å²) in [5, 5.41) is 9.45. The SMILES string of the molecule is O=[P+](O)OC[C@H]1[C@@H]2C[C@@H]2C[C@@H]1O. The maximum Gasteiger partial charge on any atom is 0.694 e. The van der Waals surface area contributed by atoms with Crippen LogP contribution in [0.15, 0.2) is 0 Å². The third-order valence-corrected chi connectivity index (χ3v) is 3.31. The maximum atomic E-state index is 10.2. The van der Waals surface area contributed by atoms with Crippen molar-refractivity contribution < 1.29 is 19.1 Å². The van der Waals surface area contributed by atoms with Gasteiger partial charge >= 0.3 is 8.25 Å². The van der Waals surface area contributed by atoms with Crippen molar-refractivity contribution >= 4 is 8.25 Å². The molecule has 0 aliphatic heterocycles. The summed E-state index contributed by atoms with van der Waals surface area (Å²) in [4.78, 5) is 8.40. The van der Waals surface area contributed by atoms with Crippen LogP contribution in [-0.2, 0) is 9.09 Å². The van der Waals surface area contributed by atoms with Crippen molar-refractivity contribution in [2.24, 2.45) is 17.8 Å². The zero-order valence-electron chi connectivity index (χ0n) is 6.59. The number of aliphatic hydroxyl groups is 1. The highest BCUT2D eigenvalue weighted by molar-refractivity contribution is 7.32. The molecule has 5 atom stereocenters. The first-order valence-electron chi connectivity index (χ1n) is 4.15. The molecule has 0 aromatic rings. The number of fused-ring (bicyclic) bond motifs is 1. The van der Waals surface area contributed by atoms with Gasteiger partial charge < -0.3 is 5.11 Å². The molecular weight excluding hydrogens is 179 g/mol. The van der Waals surface area contributed by atoms with Crippen LogP contribution >= 0.6 is 8.25 Å². The second-order valence-corrected chi connectivity index (χ2v) is 4.39. The number of aliphatic hydroxyl groups excluding tert-OH is 1. The Morgan fingerprint density at radius 3 is 2.75 bits per heavy atom. The smallest absolute Gasteiger partial charge is 0.393 e. The molecule has 2 rings (SSSR count). The van der Waals surface area contributed by atoms with Crippen LogP contribution in [0.2, 0.25) is 0 Å². The van der Waals surface area contributed by atoms with Crippen LogP contribution in [0.1, 0.15) is 12.8 Å². The Morgan fingerprint density at radius 1 is 1.50 bits per heavy atom. The van der Waals surface area contributed by atoms with E-state index in [1.807, 2.05) is 0 Å². The molecule has 5 heteroatoms. The summed E-state index contributed by atoms with van der Waals surface area (Å²) in [6, 6.07) is 0. The Kier molecular flexibility index (Phi) is 2.17. The number of rotatable bonds is 3. The minimum Gasteiger partial charge on any atom is -0.393 e. The molecule has 12 heavy (non-hydrogen) atoms. The third-order valence-electron chi connectivity index (χ3n) is 2.94. The number of hydrogen-bond donors (Lipinski definition) is 2. The van der Waals surface area contributed by atoms with Gasteiger partial charge in [0.25, 0.3) is 0 Å². The van der Waals surface area contributed by atoms with E-state index in [1.165, 1.54) is 0 Å². The van der Waals surface area contributed by atoms with Gasteiger partial charge in [0.05, 0.1) is 6.10 Å². The zero-order chi connectivity index (χ0) is 8.72. The monoisotopic (exact) mass is 191 g/mol. The molecule has 2 saturated carbocycles. The summed E-state index contributed by atoms with van der Waals surface area (Å²) < 4.78 is 14.8. The fourth-order valence-corrected chi connectivity index (χ4v) is 2.52. The Labute approximate surface area is 71.5 Å². The Hall–Kier alpha value is -0.0200. The maximum absolute atomic E-state index is 10.2. The summed E-state index contributed by atoms with van der Waals surface area (Å²) >= 11 is 0. The van der Waals surface area contributed by atoms with Crippen LogP contribution in [0, 0.1) is 17.8 Å². The van der Waals surface area contributed by atoms with Crippen molar-refractivity contribution in [2.75, 3.05) is 6.61 Å². The van der Waals surface area contributed by atoms with Gasteiger partial charge in [-0.25, -0.2) is 0 Å². The summed E-state index contributed by atoms with van der Waals surface area (Å²) in [7, 11) is -2.50. The van der Waals surface area contributed by atoms with Crippen LogP contribution in [0.3, 0.4) is 0 Å². The van der Waals surface area contributed by atoms with E-state index < -0.39 is 8.25 Å². The molecule has 4 nitrogen and oxygen atoms in total. The summed E-state index contributed by atoms with van der Waals surface area (Å²) in [6.07, 6.45) is 1.69. The highest BCUT2D eigenvalue weighted by Crippen LogP contribution is 2.55. The molecule has 0 saturated heterocycles. The van der Waals surface area contributed by atoms with Crippen molar-refractivity contribution in [2.45, 2.75) is 18.9 Å². The van der Waals surface area contributed by atoms with Gasteiger partial charge in [0, 0.05) is 10.5 Å². The molecule has 2 aliphatic rings. The van der Waals surface area contributed by atoms with Crippen LogP contribution in [-0.4, -0.2) is 22.7 Å². The molecule has 0 bridgehead atoms. The van der Waals surface area contributed by atoms with Crippen molar-refractivity contribution in [3.8, 4) is 0 Å². The highest BCUT2D eigenvalue weighted by atomic mass is 31.1. The molecule has 0 aromatic carbocycles. The molecule has 68 valence electrons. The Bertz CT molecular complexity index is 206. The van der Waals surface area contributed by atoms with E-state index in [1.54, 1.807) is 0 Å². The standard InChI is InChI=1S/C7H11O4P/c8-7-2-4-1-5(4)6(7)3-11-12(9)10/h4-8H,1-3H2/p+1/t4-,5-,6+,7+/m1/s1. The van der Waals surface area contributed by atoms with Gasteiger partial charge in [0.1, 0.15) is 6.61 Å².